The molecule has 3 heterocycles. The number of rotatable bonds is 5. The van der Waals surface area contributed by atoms with Gasteiger partial charge in [0.05, 0.1) is 5.69 Å². The summed E-state index contributed by atoms with van der Waals surface area (Å²) in [4.78, 5) is 28.2. The van der Waals surface area contributed by atoms with Crippen LogP contribution in [0.2, 0.25) is 0 Å². The minimum absolute atomic E-state index is 0.0246. The summed E-state index contributed by atoms with van der Waals surface area (Å²) in [7, 11) is 0. The van der Waals surface area contributed by atoms with Gasteiger partial charge in [-0.2, -0.15) is 0 Å². The first-order chi connectivity index (χ1) is 15.1. The highest BCUT2D eigenvalue weighted by molar-refractivity contribution is 7.15. The molecule has 2 amide bonds. The number of carbonyl (C=O) groups excluding carboxylic acids is 2. The van der Waals surface area contributed by atoms with Gasteiger partial charge in [0, 0.05) is 36.9 Å². The molecular formula is C21H19N5O4S. The lowest BCUT2D eigenvalue weighted by molar-refractivity contribution is -0.117. The fourth-order valence-electron chi connectivity index (χ4n) is 3.58. The van der Waals surface area contributed by atoms with E-state index in [0.717, 1.165) is 35.7 Å². The summed E-state index contributed by atoms with van der Waals surface area (Å²) in [6.07, 6.45) is 4.25. The molecule has 2 aromatic heterocycles. The normalized spacial score (nSPS) is 17.4. The summed E-state index contributed by atoms with van der Waals surface area (Å²) >= 11 is 1.31. The number of aromatic nitrogens is 3. The Labute approximate surface area is 181 Å². The number of Topliss-reactive ketones (excluding diaryl/α,β-unsaturated/α-hetero) is 1. The second-order valence-corrected chi connectivity index (χ2v) is 8.29. The lowest BCUT2D eigenvalue weighted by Crippen LogP contribution is -2.19. The van der Waals surface area contributed by atoms with Gasteiger partial charge in [0.2, 0.25) is 5.13 Å². The van der Waals surface area contributed by atoms with Crippen LogP contribution in [-0.4, -0.2) is 33.6 Å². The molecule has 5 rings (SSSR count). The summed E-state index contributed by atoms with van der Waals surface area (Å²) in [5.74, 6) is 1.37. The standard InChI is InChI=1S/C21H19N5O4S/c27-13-10-15-16(11-13)22-8-7-17(15)30-14-5-3-12(4-6-14)23-20(28)24-21-26-25-19(31-21)18-2-1-9-29-18/h3-8,18H,1-2,9-11H2,(H2,23,24,26,28). The third-order valence-corrected chi connectivity index (χ3v) is 5.98. The molecule has 31 heavy (non-hydrogen) atoms. The van der Waals surface area contributed by atoms with Crippen molar-refractivity contribution in [1.29, 1.82) is 0 Å². The number of ether oxygens (including phenoxy) is 2. The van der Waals surface area contributed by atoms with E-state index in [9.17, 15) is 9.59 Å². The number of benzene rings is 1. The van der Waals surface area contributed by atoms with Crippen LogP contribution in [0.5, 0.6) is 11.5 Å². The number of urea groups is 1. The molecule has 158 valence electrons. The number of fused-ring (bicyclic) bond motifs is 1. The molecule has 0 bridgehead atoms. The Hall–Kier alpha value is -3.37. The van der Waals surface area contributed by atoms with Gasteiger partial charge in [-0.25, -0.2) is 4.79 Å². The average Bonchev–Trinajstić information content (AvgIpc) is 3.50. The van der Waals surface area contributed by atoms with Gasteiger partial charge in [0.15, 0.2) is 0 Å². The van der Waals surface area contributed by atoms with Crippen LogP contribution in [0.1, 0.15) is 35.2 Å². The number of hydrogen-bond acceptors (Lipinski definition) is 8. The van der Waals surface area contributed by atoms with Crippen LogP contribution in [-0.2, 0) is 22.4 Å². The summed E-state index contributed by atoms with van der Waals surface area (Å²) in [6.45, 7) is 0.731. The van der Waals surface area contributed by atoms with Crippen molar-refractivity contribution in [2.45, 2.75) is 31.8 Å². The number of ketones is 1. The number of carbonyl (C=O) groups is 2. The van der Waals surface area contributed by atoms with Gasteiger partial charge >= 0.3 is 6.03 Å². The van der Waals surface area contributed by atoms with Crippen LogP contribution in [0, 0.1) is 0 Å². The van der Waals surface area contributed by atoms with E-state index >= 15 is 0 Å². The van der Waals surface area contributed by atoms with Crippen molar-refractivity contribution < 1.29 is 19.1 Å². The fraction of sp³-hybridized carbons (Fsp3) is 0.286. The summed E-state index contributed by atoms with van der Waals surface area (Å²) in [6, 6.07) is 8.32. The van der Waals surface area contributed by atoms with Crippen LogP contribution in [0.15, 0.2) is 36.5 Å². The van der Waals surface area contributed by atoms with Gasteiger partial charge in [0.25, 0.3) is 0 Å². The van der Waals surface area contributed by atoms with Crippen molar-refractivity contribution in [3.05, 3.63) is 52.8 Å². The van der Waals surface area contributed by atoms with Gasteiger partial charge in [0.1, 0.15) is 28.4 Å². The molecule has 1 aromatic carbocycles. The fourth-order valence-corrected chi connectivity index (χ4v) is 4.40. The van der Waals surface area contributed by atoms with Gasteiger partial charge in [-0.05, 0) is 43.2 Å². The van der Waals surface area contributed by atoms with Crippen LogP contribution in [0.3, 0.4) is 0 Å². The van der Waals surface area contributed by atoms with Crippen LogP contribution < -0.4 is 15.4 Å². The zero-order valence-electron chi connectivity index (χ0n) is 16.5. The van der Waals surface area contributed by atoms with E-state index in [1.807, 2.05) is 0 Å². The smallest absolute Gasteiger partial charge is 0.325 e. The molecule has 1 unspecified atom stereocenters. The number of pyridine rings is 1. The van der Waals surface area contributed by atoms with Crippen LogP contribution >= 0.6 is 11.3 Å². The molecule has 1 atom stereocenters. The third-order valence-electron chi connectivity index (χ3n) is 5.05. The first kappa shape index (κ1) is 19.6. The summed E-state index contributed by atoms with van der Waals surface area (Å²) < 4.78 is 11.5. The van der Waals surface area contributed by atoms with Crippen molar-refractivity contribution in [3.63, 3.8) is 0 Å². The van der Waals surface area contributed by atoms with E-state index in [0.29, 0.717) is 35.2 Å². The quantitative estimate of drug-likeness (QED) is 0.622. The Balaban J connectivity index is 1.19. The number of amides is 2. The average molecular weight is 437 g/mol. The molecule has 1 aliphatic carbocycles. The molecule has 3 aromatic rings. The zero-order valence-corrected chi connectivity index (χ0v) is 17.3. The topological polar surface area (TPSA) is 115 Å². The van der Waals surface area contributed by atoms with E-state index in [1.165, 1.54) is 11.3 Å². The van der Waals surface area contributed by atoms with Crippen LogP contribution in [0.25, 0.3) is 0 Å². The monoisotopic (exact) mass is 437 g/mol. The molecule has 1 aliphatic heterocycles. The zero-order chi connectivity index (χ0) is 21.2. The molecule has 1 saturated heterocycles. The summed E-state index contributed by atoms with van der Waals surface area (Å²) in [5, 5.41) is 14.7. The van der Waals surface area contributed by atoms with Crippen molar-refractivity contribution in [1.82, 2.24) is 15.2 Å². The Morgan fingerprint density at radius 1 is 1.13 bits per heavy atom. The van der Waals surface area contributed by atoms with Crippen LogP contribution in [0.4, 0.5) is 15.6 Å². The highest BCUT2D eigenvalue weighted by atomic mass is 32.1. The molecule has 0 saturated carbocycles. The minimum Gasteiger partial charge on any atom is -0.457 e. The third kappa shape index (κ3) is 4.39. The molecular weight excluding hydrogens is 418 g/mol. The molecule has 2 N–H and O–H groups in total. The lowest BCUT2D eigenvalue weighted by atomic mass is 10.2. The maximum atomic E-state index is 12.3. The van der Waals surface area contributed by atoms with E-state index in [4.69, 9.17) is 9.47 Å². The maximum Gasteiger partial charge on any atom is 0.325 e. The van der Waals surface area contributed by atoms with Crippen molar-refractivity contribution in [2.75, 3.05) is 17.2 Å². The molecule has 10 heteroatoms. The number of nitrogens with one attached hydrogen (secondary N) is 2. The number of nitrogens with zero attached hydrogens (tertiary/aromatic N) is 3. The lowest BCUT2D eigenvalue weighted by Gasteiger charge is -2.10. The largest absolute Gasteiger partial charge is 0.457 e. The Kier molecular flexibility index (Phi) is 5.31. The van der Waals surface area contributed by atoms with E-state index in [2.05, 4.69) is 25.8 Å². The van der Waals surface area contributed by atoms with E-state index in [-0.39, 0.29) is 11.9 Å². The Bertz CT molecular complexity index is 1130. The molecule has 2 aliphatic rings. The van der Waals surface area contributed by atoms with Gasteiger partial charge in [-0.1, -0.05) is 11.3 Å². The van der Waals surface area contributed by atoms with Gasteiger partial charge in [-0.15, -0.1) is 10.2 Å². The highest BCUT2D eigenvalue weighted by Crippen LogP contribution is 2.33. The highest BCUT2D eigenvalue weighted by Gasteiger charge is 2.24. The first-order valence-electron chi connectivity index (χ1n) is 9.93. The molecule has 1 fully saturated rings. The van der Waals surface area contributed by atoms with E-state index in [1.54, 1.807) is 36.5 Å². The molecule has 0 radical (unpaired) electrons. The summed E-state index contributed by atoms with van der Waals surface area (Å²) in [5.41, 5.74) is 2.22. The maximum absolute atomic E-state index is 12.3. The van der Waals surface area contributed by atoms with Gasteiger partial charge in [-0.3, -0.25) is 15.1 Å². The SMILES string of the molecule is O=C1Cc2nccc(Oc3ccc(NC(=O)Nc4nnc(C5CCCO5)s4)cc3)c2C1. The van der Waals surface area contributed by atoms with Crippen molar-refractivity contribution in [2.24, 2.45) is 0 Å². The van der Waals surface area contributed by atoms with Crippen molar-refractivity contribution in [3.8, 4) is 11.5 Å². The Morgan fingerprint density at radius 2 is 2.00 bits per heavy atom. The van der Waals surface area contributed by atoms with E-state index < -0.39 is 6.03 Å². The molecule has 9 nitrogen and oxygen atoms in total. The number of anilines is 2. The van der Waals surface area contributed by atoms with Crippen molar-refractivity contribution >= 4 is 34.0 Å². The second-order valence-electron chi connectivity index (χ2n) is 7.28. The Morgan fingerprint density at radius 3 is 2.81 bits per heavy atom. The minimum atomic E-state index is -0.408. The number of hydrogen-bond donors (Lipinski definition) is 2. The van der Waals surface area contributed by atoms with Gasteiger partial charge < -0.3 is 14.8 Å². The second kappa shape index (κ2) is 8.40. The molecule has 0 spiro atoms. The predicted molar refractivity (Wildman–Crippen MR) is 114 cm³/mol. The predicted octanol–water partition coefficient (Wildman–Crippen LogP) is 3.89. The first-order valence-corrected chi connectivity index (χ1v) is 10.7.